The Balaban J connectivity index is 2.31. The highest BCUT2D eigenvalue weighted by molar-refractivity contribution is 9.10. The van der Waals surface area contributed by atoms with Gasteiger partial charge in [0, 0.05) is 16.1 Å². The summed E-state index contributed by atoms with van der Waals surface area (Å²) in [5, 5.41) is 0.590. The Hall–Kier alpha value is -1.87. The van der Waals surface area contributed by atoms with Crippen LogP contribution in [0.2, 0.25) is 0 Å². The number of hydrogen-bond donors (Lipinski definition) is 0. The molecule has 0 aliphatic rings. The lowest BCUT2D eigenvalue weighted by Gasteiger charge is -2.06. The van der Waals surface area contributed by atoms with E-state index in [1.807, 2.05) is 43.3 Å². The molecule has 3 aromatic rings. The van der Waals surface area contributed by atoms with Crippen LogP contribution in [0, 0.1) is 6.92 Å². The molecule has 0 amide bonds. The summed E-state index contributed by atoms with van der Waals surface area (Å²) in [4.78, 5) is 12.2. The van der Waals surface area contributed by atoms with Crippen LogP contribution < -0.4 is 5.43 Å². The van der Waals surface area contributed by atoms with Gasteiger partial charge in [0.2, 0.25) is 0 Å². The summed E-state index contributed by atoms with van der Waals surface area (Å²) in [6.45, 7) is 2.00. The highest BCUT2D eigenvalue weighted by Crippen LogP contribution is 2.26. The molecule has 0 atom stereocenters. The Bertz CT molecular complexity index is 818. The van der Waals surface area contributed by atoms with Gasteiger partial charge in [0.05, 0.1) is 5.39 Å². The van der Waals surface area contributed by atoms with Crippen molar-refractivity contribution in [3.63, 3.8) is 0 Å². The zero-order valence-corrected chi connectivity index (χ0v) is 11.9. The Morgan fingerprint density at radius 2 is 1.84 bits per heavy atom. The van der Waals surface area contributed by atoms with E-state index in [0.29, 0.717) is 16.7 Å². The lowest BCUT2D eigenvalue weighted by Crippen LogP contribution is -2.00. The van der Waals surface area contributed by atoms with E-state index in [0.717, 1.165) is 15.6 Å². The molecule has 0 saturated heterocycles. The Morgan fingerprint density at radius 1 is 1.05 bits per heavy atom. The second-order valence-corrected chi connectivity index (χ2v) is 5.35. The van der Waals surface area contributed by atoms with Gasteiger partial charge in [-0.25, -0.2) is 0 Å². The first-order valence-corrected chi connectivity index (χ1v) is 6.74. The van der Waals surface area contributed by atoms with Crippen molar-refractivity contribution in [1.29, 1.82) is 0 Å². The molecular formula is C16H11BrO2. The van der Waals surface area contributed by atoms with Gasteiger partial charge in [0.25, 0.3) is 0 Å². The van der Waals surface area contributed by atoms with E-state index >= 15 is 0 Å². The lowest BCUT2D eigenvalue weighted by molar-refractivity contribution is 0.618. The molecule has 0 N–H and O–H groups in total. The van der Waals surface area contributed by atoms with Crippen LogP contribution in [0.4, 0.5) is 0 Å². The molecule has 3 heteroatoms. The molecule has 0 radical (unpaired) electrons. The Morgan fingerprint density at radius 3 is 2.63 bits per heavy atom. The van der Waals surface area contributed by atoms with E-state index in [4.69, 9.17) is 4.42 Å². The van der Waals surface area contributed by atoms with Crippen LogP contribution >= 0.6 is 15.9 Å². The smallest absolute Gasteiger partial charge is 0.193 e. The van der Waals surface area contributed by atoms with Crippen molar-refractivity contribution in [1.82, 2.24) is 0 Å². The second-order valence-electron chi connectivity index (χ2n) is 4.43. The van der Waals surface area contributed by atoms with Crippen LogP contribution in [0.15, 0.2) is 62.2 Å². The highest BCUT2D eigenvalue weighted by Gasteiger charge is 2.08. The zero-order chi connectivity index (χ0) is 13.4. The van der Waals surface area contributed by atoms with Gasteiger partial charge >= 0.3 is 0 Å². The first-order valence-electron chi connectivity index (χ1n) is 5.94. The van der Waals surface area contributed by atoms with Crippen molar-refractivity contribution in [2.75, 3.05) is 0 Å². The van der Waals surface area contributed by atoms with E-state index in [1.54, 1.807) is 12.1 Å². The lowest BCUT2D eigenvalue weighted by atomic mass is 10.1. The number of aryl methyl sites for hydroxylation is 1. The molecule has 0 aliphatic carbocycles. The predicted octanol–water partition coefficient (Wildman–Crippen LogP) is 4.53. The van der Waals surface area contributed by atoms with Crippen molar-refractivity contribution >= 4 is 26.9 Å². The second kappa shape index (κ2) is 4.67. The molecule has 94 valence electrons. The summed E-state index contributed by atoms with van der Waals surface area (Å²) in [5.74, 6) is 0.609. The maximum atomic E-state index is 12.2. The molecule has 3 rings (SSSR count). The summed E-state index contributed by atoms with van der Waals surface area (Å²) in [5.41, 5.74) is 2.61. The zero-order valence-electron chi connectivity index (χ0n) is 10.3. The SMILES string of the molecule is Cc1ccccc1-c1cc(=O)c2cc(Br)ccc2o1. The van der Waals surface area contributed by atoms with E-state index in [-0.39, 0.29) is 5.43 Å². The van der Waals surface area contributed by atoms with Gasteiger partial charge in [0.15, 0.2) is 5.43 Å². The minimum atomic E-state index is -0.0270. The minimum absolute atomic E-state index is 0.0270. The van der Waals surface area contributed by atoms with Gasteiger partial charge < -0.3 is 4.42 Å². The molecular weight excluding hydrogens is 304 g/mol. The Kier molecular flexibility index (Phi) is 2.99. The van der Waals surface area contributed by atoms with Crippen LogP contribution in [0.3, 0.4) is 0 Å². The fraction of sp³-hybridized carbons (Fsp3) is 0.0625. The summed E-state index contributed by atoms with van der Waals surface area (Å²) in [6.07, 6.45) is 0. The molecule has 19 heavy (non-hydrogen) atoms. The quantitative estimate of drug-likeness (QED) is 0.660. The molecule has 0 unspecified atom stereocenters. The van der Waals surface area contributed by atoms with Gasteiger partial charge in [-0.15, -0.1) is 0 Å². The standard InChI is InChI=1S/C16H11BrO2/c1-10-4-2-3-5-12(10)16-9-14(18)13-8-11(17)6-7-15(13)19-16/h2-9H,1H3. The third kappa shape index (κ3) is 2.22. The normalized spacial score (nSPS) is 10.8. The van der Waals surface area contributed by atoms with Gasteiger partial charge in [0.1, 0.15) is 11.3 Å². The fourth-order valence-corrected chi connectivity index (χ4v) is 2.47. The third-order valence-electron chi connectivity index (χ3n) is 3.10. The van der Waals surface area contributed by atoms with Crippen molar-refractivity contribution in [3.05, 3.63) is 68.8 Å². The predicted molar refractivity (Wildman–Crippen MR) is 80.4 cm³/mol. The summed E-state index contributed by atoms with van der Waals surface area (Å²) in [6, 6.07) is 14.9. The Labute approximate surface area is 118 Å². The first kappa shape index (κ1) is 12.2. The fourth-order valence-electron chi connectivity index (χ4n) is 2.11. The molecule has 0 bridgehead atoms. The number of hydrogen-bond acceptors (Lipinski definition) is 2. The van der Waals surface area contributed by atoms with Gasteiger partial charge in [-0.05, 0) is 30.7 Å². The van der Waals surface area contributed by atoms with E-state index < -0.39 is 0 Å². The van der Waals surface area contributed by atoms with Crippen molar-refractivity contribution < 1.29 is 4.42 Å². The van der Waals surface area contributed by atoms with E-state index in [1.165, 1.54) is 0 Å². The van der Waals surface area contributed by atoms with Crippen LogP contribution in [0.25, 0.3) is 22.3 Å². The number of benzene rings is 2. The molecule has 2 nitrogen and oxygen atoms in total. The maximum absolute atomic E-state index is 12.2. The van der Waals surface area contributed by atoms with Gasteiger partial charge in [-0.1, -0.05) is 40.2 Å². The molecule has 0 aliphatic heterocycles. The van der Waals surface area contributed by atoms with Crippen LogP contribution in [-0.2, 0) is 0 Å². The highest BCUT2D eigenvalue weighted by atomic mass is 79.9. The van der Waals surface area contributed by atoms with E-state index in [2.05, 4.69) is 15.9 Å². The number of halogens is 1. The van der Waals surface area contributed by atoms with Crippen molar-refractivity contribution in [3.8, 4) is 11.3 Å². The van der Waals surface area contributed by atoms with Gasteiger partial charge in [-0.2, -0.15) is 0 Å². The largest absolute Gasteiger partial charge is 0.456 e. The van der Waals surface area contributed by atoms with Crippen LogP contribution in [0.1, 0.15) is 5.56 Å². The summed E-state index contributed by atoms with van der Waals surface area (Å²) < 4.78 is 6.71. The first-order chi connectivity index (χ1) is 9.15. The average Bonchev–Trinajstić information content (AvgIpc) is 2.40. The number of rotatable bonds is 1. The van der Waals surface area contributed by atoms with Crippen LogP contribution in [-0.4, -0.2) is 0 Å². The van der Waals surface area contributed by atoms with Crippen LogP contribution in [0.5, 0.6) is 0 Å². The van der Waals surface area contributed by atoms with Crippen molar-refractivity contribution in [2.45, 2.75) is 6.92 Å². The maximum Gasteiger partial charge on any atom is 0.193 e. The van der Waals surface area contributed by atoms with Gasteiger partial charge in [-0.3, -0.25) is 4.79 Å². The van der Waals surface area contributed by atoms with Crippen molar-refractivity contribution in [2.24, 2.45) is 0 Å². The monoisotopic (exact) mass is 314 g/mol. The molecule has 1 aromatic heterocycles. The molecule has 0 spiro atoms. The average molecular weight is 315 g/mol. The third-order valence-corrected chi connectivity index (χ3v) is 3.59. The minimum Gasteiger partial charge on any atom is -0.456 e. The molecule has 0 fully saturated rings. The summed E-state index contributed by atoms with van der Waals surface area (Å²) in [7, 11) is 0. The van der Waals surface area contributed by atoms with E-state index in [9.17, 15) is 4.79 Å². The number of fused-ring (bicyclic) bond motifs is 1. The molecule has 0 saturated carbocycles. The topological polar surface area (TPSA) is 30.2 Å². The molecule has 2 aromatic carbocycles. The molecule has 1 heterocycles. The summed E-state index contributed by atoms with van der Waals surface area (Å²) >= 11 is 3.36.